The highest BCUT2D eigenvalue weighted by Crippen LogP contribution is 2.38. The van der Waals surface area contributed by atoms with Gasteiger partial charge in [0.05, 0.1) is 11.4 Å². The van der Waals surface area contributed by atoms with Crippen LogP contribution in [-0.4, -0.2) is 33.6 Å². The number of benzene rings is 1. The van der Waals surface area contributed by atoms with E-state index in [4.69, 9.17) is 15.2 Å². The molecular formula is C9H13N3O4S. The lowest BCUT2D eigenvalue weighted by atomic mass is 10.2. The molecule has 0 aromatic heterocycles. The van der Waals surface area contributed by atoms with E-state index in [1.807, 2.05) is 0 Å². The first kappa shape index (κ1) is 11.8. The summed E-state index contributed by atoms with van der Waals surface area (Å²) >= 11 is 0. The average Bonchev–Trinajstić information content (AvgIpc) is 2.64. The molecule has 17 heavy (non-hydrogen) atoms. The molecule has 0 amide bonds. The highest BCUT2D eigenvalue weighted by atomic mass is 32.2. The zero-order valence-electron chi connectivity index (χ0n) is 9.43. The van der Waals surface area contributed by atoms with Crippen molar-refractivity contribution in [2.24, 2.45) is 0 Å². The van der Waals surface area contributed by atoms with E-state index in [-0.39, 0.29) is 18.2 Å². The molecule has 0 fully saturated rings. The summed E-state index contributed by atoms with van der Waals surface area (Å²) in [5.41, 5.74) is 6.26. The van der Waals surface area contributed by atoms with E-state index in [1.165, 1.54) is 26.2 Å². The molecule has 1 aliphatic rings. The van der Waals surface area contributed by atoms with E-state index in [0.29, 0.717) is 11.5 Å². The summed E-state index contributed by atoms with van der Waals surface area (Å²) in [6, 6.07) is 3.02. The highest BCUT2D eigenvalue weighted by Gasteiger charge is 2.20. The molecule has 3 N–H and O–H groups in total. The van der Waals surface area contributed by atoms with Crippen molar-refractivity contribution in [1.29, 1.82) is 0 Å². The number of nitrogen functional groups attached to an aromatic ring is 1. The lowest BCUT2D eigenvalue weighted by Gasteiger charge is -2.15. The molecule has 0 atom stereocenters. The Kier molecular flexibility index (Phi) is 2.76. The van der Waals surface area contributed by atoms with Crippen molar-refractivity contribution in [2.45, 2.75) is 0 Å². The number of ether oxygens (including phenoxy) is 2. The van der Waals surface area contributed by atoms with Crippen molar-refractivity contribution < 1.29 is 17.9 Å². The summed E-state index contributed by atoms with van der Waals surface area (Å²) in [5, 5.41) is 0. The molecular weight excluding hydrogens is 246 g/mol. The van der Waals surface area contributed by atoms with Crippen molar-refractivity contribution in [3.8, 4) is 11.5 Å². The third-order valence-corrected chi connectivity index (χ3v) is 3.70. The second kappa shape index (κ2) is 3.97. The van der Waals surface area contributed by atoms with Gasteiger partial charge in [-0.1, -0.05) is 0 Å². The van der Waals surface area contributed by atoms with Crippen LogP contribution in [0, 0.1) is 0 Å². The van der Waals surface area contributed by atoms with Gasteiger partial charge in [-0.2, -0.15) is 12.7 Å². The van der Waals surface area contributed by atoms with Crippen molar-refractivity contribution in [1.82, 2.24) is 4.31 Å². The van der Waals surface area contributed by atoms with Crippen LogP contribution in [0.2, 0.25) is 0 Å². The third-order valence-electron chi connectivity index (χ3n) is 2.26. The van der Waals surface area contributed by atoms with Gasteiger partial charge in [-0.15, -0.1) is 0 Å². The van der Waals surface area contributed by atoms with Crippen LogP contribution in [0.4, 0.5) is 11.4 Å². The lowest BCUT2D eigenvalue weighted by molar-refractivity contribution is 0.174. The maximum Gasteiger partial charge on any atom is 0.301 e. The second-order valence-corrected chi connectivity index (χ2v) is 5.57. The van der Waals surface area contributed by atoms with Gasteiger partial charge in [-0.05, 0) is 0 Å². The molecule has 0 unspecified atom stereocenters. The van der Waals surface area contributed by atoms with Crippen LogP contribution in [0.3, 0.4) is 0 Å². The van der Waals surface area contributed by atoms with E-state index in [1.54, 1.807) is 0 Å². The number of nitrogens with two attached hydrogens (primary N) is 1. The fourth-order valence-corrected chi connectivity index (χ4v) is 1.91. The van der Waals surface area contributed by atoms with Gasteiger partial charge in [0, 0.05) is 26.2 Å². The number of fused-ring (bicyclic) bond motifs is 1. The van der Waals surface area contributed by atoms with Gasteiger partial charge in [-0.3, -0.25) is 4.72 Å². The van der Waals surface area contributed by atoms with Gasteiger partial charge in [0.15, 0.2) is 11.5 Å². The van der Waals surface area contributed by atoms with Crippen LogP contribution >= 0.6 is 0 Å². The molecule has 0 saturated heterocycles. The first-order valence-corrected chi connectivity index (χ1v) is 6.23. The van der Waals surface area contributed by atoms with E-state index in [2.05, 4.69) is 4.72 Å². The van der Waals surface area contributed by atoms with Crippen LogP contribution in [0.1, 0.15) is 0 Å². The minimum atomic E-state index is -3.58. The summed E-state index contributed by atoms with van der Waals surface area (Å²) in [5.74, 6) is 0.978. The average molecular weight is 259 g/mol. The maximum absolute atomic E-state index is 11.6. The number of hydrogen-bond acceptors (Lipinski definition) is 5. The minimum absolute atomic E-state index is 0.110. The minimum Gasteiger partial charge on any atom is -0.454 e. The fourth-order valence-electron chi connectivity index (χ4n) is 1.28. The Hall–Kier alpha value is -1.67. The van der Waals surface area contributed by atoms with Crippen molar-refractivity contribution >= 4 is 21.6 Å². The Morgan fingerprint density at radius 2 is 1.88 bits per heavy atom. The predicted octanol–water partition coefficient (Wildman–Crippen LogP) is 0.216. The van der Waals surface area contributed by atoms with Crippen molar-refractivity contribution in [3.63, 3.8) is 0 Å². The Labute approximate surface area is 99.3 Å². The Balaban J connectivity index is 2.35. The van der Waals surface area contributed by atoms with Crippen LogP contribution in [0.25, 0.3) is 0 Å². The SMILES string of the molecule is CN(C)S(=O)(=O)Nc1cc2c(cc1N)OCO2. The molecule has 1 aromatic rings. The molecule has 0 bridgehead atoms. The molecule has 1 aliphatic heterocycles. The molecule has 1 heterocycles. The van der Waals surface area contributed by atoms with Gasteiger partial charge >= 0.3 is 10.2 Å². The van der Waals surface area contributed by atoms with Gasteiger partial charge in [-0.25, -0.2) is 0 Å². The number of nitrogens with one attached hydrogen (secondary N) is 1. The van der Waals surface area contributed by atoms with Gasteiger partial charge in [0.1, 0.15) is 0 Å². The molecule has 94 valence electrons. The van der Waals surface area contributed by atoms with Crippen LogP contribution in [0.5, 0.6) is 11.5 Å². The topological polar surface area (TPSA) is 93.9 Å². The monoisotopic (exact) mass is 259 g/mol. The molecule has 0 aliphatic carbocycles. The van der Waals surface area contributed by atoms with E-state index in [0.717, 1.165) is 4.31 Å². The van der Waals surface area contributed by atoms with Crippen LogP contribution in [-0.2, 0) is 10.2 Å². The molecule has 2 rings (SSSR count). The van der Waals surface area contributed by atoms with E-state index in [9.17, 15) is 8.42 Å². The molecule has 0 saturated carbocycles. The standard InChI is InChI=1S/C9H13N3O4S/c1-12(2)17(13,14)11-7-4-9-8(3-6(7)10)15-5-16-9/h3-4,11H,5,10H2,1-2H3. The Morgan fingerprint density at radius 1 is 1.29 bits per heavy atom. The lowest BCUT2D eigenvalue weighted by Crippen LogP contribution is -2.29. The van der Waals surface area contributed by atoms with Crippen molar-refractivity contribution in [3.05, 3.63) is 12.1 Å². The highest BCUT2D eigenvalue weighted by molar-refractivity contribution is 7.90. The number of hydrogen-bond donors (Lipinski definition) is 2. The zero-order chi connectivity index (χ0) is 12.6. The summed E-state index contributed by atoms with van der Waals surface area (Å²) in [6.45, 7) is 0.110. The molecule has 8 heteroatoms. The maximum atomic E-state index is 11.6. The Morgan fingerprint density at radius 3 is 2.47 bits per heavy atom. The van der Waals surface area contributed by atoms with Crippen LogP contribution < -0.4 is 19.9 Å². The summed E-state index contributed by atoms with van der Waals surface area (Å²) in [4.78, 5) is 0. The quantitative estimate of drug-likeness (QED) is 0.757. The van der Waals surface area contributed by atoms with Gasteiger partial charge < -0.3 is 15.2 Å². The summed E-state index contributed by atoms with van der Waals surface area (Å²) < 4.78 is 36.9. The Bertz CT molecular complexity index is 541. The van der Waals surface area contributed by atoms with Gasteiger partial charge in [0.2, 0.25) is 6.79 Å². The fraction of sp³-hybridized carbons (Fsp3) is 0.333. The van der Waals surface area contributed by atoms with Crippen molar-refractivity contribution in [2.75, 3.05) is 31.3 Å². The molecule has 0 radical (unpaired) electrons. The molecule has 7 nitrogen and oxygen atoms in total. The first-order chi connectivity index (χ1) is 7.90. The van der Waals surface area contributed by atoms with Gasteiger partial charge in [0.25, 0.3) is 0 Å². The first-order valence-electron chi connectivity index (χ1n) is 4.79. The van der Waals surface area contributed by atoms with E-state index >= 15 is 0 Å². The number of rotatable bonds is 3. The largest absolute Gasteiger partial charge is 0.454 e. The molecule has 1 aromatic carbocycles. The summed E-state index contributed by atoms with van der Waals surface area (Å²) in [6.07, 6.45) is 0. The summed E-state index contributed by atoms with van der Waals surface area (Å²) in [7, 11) is -0.740. The number of nitrogens with zero attached hydrogens (tertiary/aromatic N) is 1. The smallest absolute Gasteiger partial charge is 0.301 e. The normalized spacial score (nSPS) is 14.1. The third kappa shape index (κ3) is 2.22. The zero-order valence-corrected chi connectivity index (χ0v) is 10.2. The second-order valence-electron chi connectivity index (χ2n) is 3.68. The van der Waals surface area contributed by atoms with E-state index < -0.39 is 10.2 Å². The molecule has 0 spiro atoms. The number of anilines is 2. The predicted molar refractivity (Wildman–Crippen MR) is 63.2 cm³/mol. The van der Waals surface area contributed by atoms with Crippen LogP contribution in [0.15, 0.2) is 12.1 Å².